The van der Waals surface area contributed by atoms with Crippen LogP contribution < -0.4 is 16.2 Å². The Hall–Kier alpha value is -2.04. The van der Waals surface area contributed by atoms with Crippen molar-refractivity contribution in [3.63, 3.8) is 0 Å². The van der Waals surface area contributed by atoms with E-state index in [1.807, 2.05) is 24.3 Å². The molecule has 0 bridgehead atoms. The summed E-state index contributed by atoms with van der Waals surface area (Å²) < 4.78 is 5.20. The highest BCUT2D eigenvalue weighted by Gasteiger charge is 2.01. The summed E-state index contributed by atoms with van der Waals surface area (Å²) in [6.07, 6.45) is 0.965. The molecule has 0 aliphatic rings. The van der Waals surface area contributed by atoms with Crippen LogP contribution in [0.4, 0.5) is 0 Å². The van der Waals surface area contributed by atoms with Gasteiger partial charge in [0.25, 0.3) is 5.91 Å². The Morgan fingerprint density at radius 3 is 2.44 bits per heavy atom. The molecule has 1 amide bonds. The van der Waals surface area contributed by atoms with Crippen molar-refractivity contribution in [3.8, 4) is 5.75 Å². The molecule has 0 atom stereocenters. The second-order valence-electron chi connectivity index (χ2n) is 3.22. The first-order chi connectivity index (χ1) is 7.61. The molecule has 0 aromatic heterocycles. The van der Waals surface area contributed by atoms with Crippen LogP contribution in [0.3, 0.4) is 0 Å². The van der Waals surface area contributed by atoms with Crippen LogP contribution in [0.1, 0.15) is 12.5 Å². The Morgan fingerprint density at radius 1 is 1.31 bits per heavy atom. The third-order valence-electron chi connectivity index (χ3n) is 1.95. The molecule has 5 heteroatoms. The second kappa shape index (κ2) is 5.75. The van der Waals surface area contributed by atoms with Crippen molar-refractivity contribution >= 4 is 11.9 Å². The standard InChI is InChI=1S/C11H15N3O2/c1-2-8-3-5-9(6-4-8)16-7-10(15)14-11(12)13/h3-6H,2,7H2,1H3,(H4,12,13,14,15). The lowest BCUT2D eigenvalue weighted by molar-refractivity contribution is -0.119. The maximum Gasteiger partial charge on any atom is 0.286 e. The zero-order chi connectivity index (χ0) is 12.0. The van der Waals surface area contributed by atoms with Crippen molar-refractivity contribution in [2.45, 2.75) is 13.3 Å². The quantitative estimate of drug-likeness (QED) is 0.569. The topological polar surface area (TPSA) is 90.7 Å². The average Bonchev–Trinajstić information content (AvgIpc) is 2.26. The van der Waals surface area contributed by atoms with Gasteiger partial charge in [-0.3, -0.25) is 4.79 Å². The first-order valence-electron chi connectivity index (χ1n) is 4.96. The molecular formula is C11H15N3O2. The smallest absolute Gasteiger partial charge is 0.286 e. The highest BCUT2D eigenvalue weighted by atomic mass is 16.5. The molecule has 1 rings (SSSR count). The van der Waals surface area contributed by atoms with Gasteiger partial charge in [0.05, 0.1) is 0 Å². The van der Waals surface area contributed by atoms with Gasteiger partial charge >= 0.3 is 0 Å². The van der Waals surface area contributed by atoms with Gasteiger partial charge < -0.3 is 16.2 Å². The minimum Gasteiger partial charge on any atom is -0.484 e. The van der Waals surface area contributed by atoms with Crippen LogP contribution in [0.15, 0.2) is 29.3 Å². The maximum atomic E-state index is 11.1. The summed E-state index contributed by atoms with van der Waals surface area (Å²) in [5, 5.41) is 0. The number of ether oxygens (including phenoxy) is 1. The van der Waals surface area contributed by atoms with Crippen LogP contribution in [0, 0.1) is 0 Å². The molecule has 0 saturated heterocycles. The number of hydrogen-bond donors (Lipinski definition) is 2. The molecule has 1 aromatic rings. The summed E-state index contributed by atoms with van der Waals surface area (Å²) in [7, 11) is 0. The molecule has 16 heavy (non-hydrogen) atoms. The van der Waals surface area contributed by atoms with Crippen molar-refractivity contribution in [2.24, 2.45) is 16.5 Å². The van der Waals surface area contributed by atoms with Gasteiger partial charge in [0, 0.05) is 0 Å². The van der Waals surface area contributed by atoms with Crippen LogP contribution in [0.5, 0.6) is 5.75 Å². The molecule has 86 valence electrons. The molecule has 0 heterocycles. The Kier molecular flexibility index (Phi) is 4.32. The van der Waals surface area contributed by atoms with E-state index in [0.29, 0.717) is 5.75 Å². The van der Waals surface area contributed by atoms with E-state index in [4.69, 9.17) is 16.2 Å². The Balaban J connectivity index is 2.48. The lowest BCUT2D eigenvalue weighted by Gasteiger charge is -2.04. The van der Waals surface area contributed by atoms with Gasteiger partial charge in [0.15, 0.2) is 12.6 Å². The number of benzene rings is 1. The first kappa shape index (κ1) is 12.0. The van der Waals surface area contributed by atoms with Crippen LogP contribution in [0.2, 0.25) is 0 Å². The summed E-state index contributed by atoms with van der Waals surface area (Å²) in [6.45, 7) is 1.90. The van der Waals surface area contributed by atoms with Crippen LogP contribution >= 0.6 is 0 Å². The largest absolute Gasteiger partial charge is 0.484 e. The fourth-order valence-electron chi connectivity index (χ4n) is 1.14. The number of aliphatic imine (C=N–C) groups is 1. The van der Waals surface area contributed by atoms with E-state index in [1.54, 1.807) is 0 Å². The predicted molar refractivity (Wildman–Crippen MR) is 62.1 cm³/mol. The van der Waals surface area contributed by atoms with Crippen molar-refractivity contribution in [1.29, 1.82) is 0 Å². The van der Waals surface area contributed by atoms with E-state index in [2.05, 4.69) is 11.9 Å². The number of carbonyl (C=O) groups excluding carboxylic acids is 1. The number of guanidine groups is 1. The molecule has 0 fully saturated rings. The Bertz CT molecular complexity index is 381. The SMILES string of the molecule is CCc1ccc(OCC(=O)N=C(N)N)cc1. The molecule has 1 aromatic carbocycles. The summed E-state index contributed by atoms with van der Waals surface area (Å²) in [4.78, 5) is 14.4. The van der Waals surface area contributed by atoms with Gasteiger partial charge in [-0.05, 0) is 24.1 Å². The summed E-state index contributed by atoms with van der Waals surface area (Å²) in [6, 6.07) is 7.50. The van der Waals surface area contributed by atoms with Gasteiger partial charge in [-0.2, -0.15) is 4.99 Å². The number of hydrogen-bond acceptors (Lipinski definition) is 2. The van der Waals surface area contributed by atoms with E-state index in [0.717, 1.165) is 6.42 Å². The molecule has 0 spiro atoms. The zero-order valence-electron chi connectivity index (χ0n) is 9.14. The summed E-state index contributed by atoms with van der Waals surface area (Å²) >= 11 is 0. The minimum atomic E-state index is -0.500. The van der Waals surface area contributed by atoms with E-state index in [9.17, 15) is 4.79 Å². The Labute approximate surface area is 94.1 Å². The zero-order valence-corrected chi connectivity index (χ0v) is 9.14. The molecule has 5 nitrogen and oxygen atoms in total. The number of nitrogens with zero attached hydrogens (tertiary/aromatic N) is 1. The molecule has 0 radical (unpaired) electrons. The monoisotopic (exact) mass is 221 g/mol. The van der Waals surface area contributed by atoms with Crippen molar-refractivity contribution in [3.05, 3.63) is 29.8 Å². The third kappa shape index (κ3) is 4.00. The van der Waals surface area contributed by atoms with Gasteiger partial charge in [-0.25, -0.2) is 0 Å². The lowest BCUT2D eigenvalue weighted by Crippen LogP contribution is -2.25. The van der Waals surface area contributed by atoms with Gasteiger partial charge in [0.1, 0.15) is 5.75 Å². The van der Waals surface area contributed by atoms with E-state index >= 15 is 0 Å². The van der Waals surface area contributed by atoms with E-state index < -0.39 is 5.91 Å². The van der Waals surface area contributed by atoms with Crippen molar-refractivity contribution < 1.29 is 9.53 Å². The molecular weight excluding hydrogens is 206 g/mol. The number of aryl methyl sites for hydroxylation is 1. The number of nitrogens with two attached hydrogens (primary N) is 2. The molecule has 0 aliphatic carbocycles. The number of amides is 1. The third-order valence-corrected chi connectivity index (χ3v) is 1.95. The van der Waals surface area contributed by atoms with Crippen molar-refractivity contribution in [2.75, 3.05) is 6.61 Å². The van der Waals surface area contributed by atoms with Gasteiger partial charge in [-0.1, -0.05) is 19.1 Å². The summed E-state index contributed by atoms with van der Waals surface area (Å²) in [5.74, 6) is -0.133. The first-order valence-corrected chi connectivity index (χ1v) is 4.96. The molecule has 0 saturated carbocycles. The average molecular weight is 221 g/mol. The van der Waals surface area contributed by atoms with Crippen LogP contribution in [-0.4, -0.2) is 18.5 Å². The van der Waals surface area contributed by atoms with E-state index in [-0.39, 0.29) is 12.6 Å². The van der Waals surface area contributed by atoms with Crippen LogP contribution in [0.25, 0.3) is 0 Å². The number of rotatable bonds is 4. The minimum absolute atomic E-state index is 0.163. The fraction of sp³-hybridized carbons (Fsp3) is 0.273. The normalized spacial score (nSPS) is 9.56. The highest BCUT2D eigenvalue weighted by molar-refractivity contribution is 5.92. The van der Waals surface area contributed by atoms with E-state index in [1.165, 1.54) is 5.56 Å². The second-order valence-corrected chi connectivity index (χ2v) is 3.22. The molecule has 4 N–H and O–H groups in total. The maximum absolute atomic E-state index is 11.1. The lowest BCUT2D eigenvalue weighted by atomic mass is 10.2. The predicted octanol–water partition coefficient (Wildman–Crippen LogP) is 0.428. The molecule has 0 unspecified atom stereocenters. The summed E-state index contributed by atoms with van der Waals surface area (Å²) in [5.41, 5.74) is 11.3. The highest BCUT2D eigenvalue weighted by Crippen LogP contribution is 2.12. The fourth-order valence-corrected chi connectivity index (χ4v) is 1.14. The van der Waals surface area contributed by atoms with Gasteiger partial charge in [0.2, 0.25) is 0 Å². The molecule has 0 aliphatic heterocycles. The number of carbonyl (C=O) groups is 1. The Morgan fingerprint density at radius 2 is 1.94 bits per heavy atom. The van der Waals surface area contributed by atoms with Crippen LogP contribution in [-0.2, 0) is 11.2 Å². The van der Waals surface area contributed by atoms with Crippen molar-refractivity contribution in [1.82, 2.24) is 0 Å². The van der Waals surface area contributed by atoms with Gasteiger partial charge in [-0.15, -0.1) is 0 Å².